The predicted molar refractivity (Wildman–Crippen MR) is 276 cm³/mol. The molecule has 306 valence electrons. The molecule has 1 heteroatoms. The van der Waals surface area contributed by atoms with Crippen LogP contribution in [0.3, 0.4) is 0 Å². The fourth-order valence-electron chi connectivity index (χ4n) is 8.89. The molecule has 0 spiro atoms. The lowest BCUT2D eigenvalue weighted by molar-refractivity contribution is 0.660. The first-order valence-electron chi connectivity index (χ1n) is 22.1. The number of hydrogen-bond donors (Lipinski definition) is 0. The normalized spacial score (nSPS) is 12.8. The van der Waals surface area contributed by atoms with Gasteiger partial charge in [-0.25, -0.2) is 0 Å². The van der Waals surface area contributed by atoms with Gasteiger partial charge in [-0.1, -0.05) is 238 Å². The highest BCUT2D eigenvalue weighted by molar-refractivity contribution is 5.84. The molecule has 1 nitrogen and oxygen atoms in total. The first kappa shape index (κ1) is 40.1. The van der Waals surface area contributed by atoms with Gasteiger partial charge in [-0.05, 0) is 114 Å². The zero-order valence-electron chi connectivity index (χ0n) is 36.3. The van der Waals surface area contributed by atoms with E-state index in [0.29, 0.717) is 0 Å². The second-order valence-electron chi connectivity index (χ2n) is 17.1. The summed E-state index contributed by atoms with van der Waals surface area (Å²) in [5.41, 5.74) is 20.6. The van der Waals surface area contributed by atoms with E-state index in [1.54, 1.807) is 0 Å². The van der Waals surface area contributed by atoms with Gasteiger partial charge in [-0.15, -0.1) is 0 Å². The fourth-order valence-corrected chi connectivity index (χ4v) is 8.89. The van der Waals surface area contributed by atoms with Crippen LogP contribution in [0.25, 0.3) is 69.8 Å². The quantitative estimate of drug-likeness (QED) is 0.118. The van der Waals surface area contributed by atoms with Crippen molar-refractivity contribution in [3.63, 3.8) is 0 Å². The Balaban J connectivity index is 0.889. The molecule has 9 aromatic carbocycles. The Morgan fingerprint density at radius 3 is 1.06 bits per heavy atom. The molecule has 0 radical (unpaired) electrons. The molecule has 1 aliphatic rings. The summed E-state index contributed by atoms with van der Waals surface area (Å²) >= 11 is 0. The van der Waals surface area contributed by atoms with Crippen LogP contribution in [-0.2, 0) is 5.41 Å². The number of nitrogens with zero attached hydrogens (tertiary/aromatic N) is 1. The van der Waals surface area contributed by atoms with Crippen molar-refractivity contribution < 1.29 is 0 Å². The van der Waals surface area contributed by atoms with Gasteiger partial charge in [0.25, 0.3) is 0 Å². The maximum Gasteiger partial charge on any atom is 0.0462 e. The third-order valence-corrected chi connectivity index (χ3v) is 12.5. The monoisotopic (exact) mass is 819 g/mol. The van der Waals surface area contributed by atoms with Gasteiger partial charge in [-0.3, -0.25) is 0 Å². The minimum absolute atomic E-state index is 0.0188. The molecule has 0 aromatic heterocycles. The second kappa shape index (κ2) is 17.8. The first-order valence-corrected chi connectivity index (χ1v) is 22.1. The van der Waals surface area contributed by atoms with E-state index >= 15 is 0 Å². The van der Waals surface area contributed by atoms with Gasteiger partial charge in [0.1, 0.15) is 0 Å². The van der Waals surface area contributed by atoms with Crippen LogP contribution >= 0.6 is 0 Å². The minimum Gasteiger partial charge on any atom is -0.311 e. The van der Waals surface area contributed by atoms with Crippen molar-refractivity contribution in [2.75, 3.05) is 4.90 Å². The van der Waals surface area contributed by atoms with Crippen LogP contribution in [0.15, 0.2) is 224 Å². The maximum atomic E-state index is 2.36. The van der Waals surface area contributed by atoms with Crippen LogP contribution in [0.5, 0.6) is 0 Å². The van der Waals surface area contributed by atoms with Crippen molar-refractivity contribution in [3.8, 4) is 33.4 Å². The second-order valence-corrected chi connectivity index (χ2v) is 17.1. The smallest absolute Gasteiger partial charge is 0.0462 e. The molecule has 9 aromatic rings. The Morgan fingerprint density at radius 2 is 0.594 bits per heavy atom. The standard InChI is InChI=1S/C63H49N/c1-63(2)61-16-10-9-15-59(61)60-44-29-51(45-62(60)63)22-21-50-27-40-57(41-28-50)64(56-38-25-49(26-39-56)20-18-47-13-7-4-8-14-47)58-42-36-55(37-43-58)54-34-32-53(33-35-54)52-30-23-48(24-31-52)19-17-46-11-5-3-6-12-46/h3-45H,1-2H3/b19-17+,20-18+,22-21+. The van der Waals surface area contributed by atoms with E-state index in [1.807, 2.05) is 12.1 Å². The lowest BCUT2D eigenvalue weighted by Crippen LogP contribution is -2.14. The molecule has 0 aliphatic heterocycles. The van der Waals surface area contributed by atoms with Crippen LogP contribution in [0.4, 0.5) is 17.1 Å². The van der Waals surface area contributed by atoms with Crippen LogP contribution in [0.1, 0.15) is 58.4 Å². The molecular formula is C63H49N. The molecule has 0 saturated heterocycles. The Bertz CT molecular complexity index is 3100. The van der Waals surface area contributed by atoms with Crippen molar-refractivity contribution >= 4 is 53.5 Å². The zero-order chi connectivity index (χ0) is 43.3. The van der Waals surface area contributed by atoms with Gasteiger partial charge in [0.2, 0.25) is 0 Å². The molecule has 0 fully saturated rings. The summed E-state index contributed by atoms with van der Waals surface area (Å²) in [6, 6.07) is 80.8. The summed E-state index contributed by atoms with van der Waals surface area (Å²) in [4.78, 5) is 2.34. The molecule has 0 heterocycles. The van der Waals surface area contributed by atoms with Crippen LogP contribution < -0.4 is 4.90 Å². The number of fused-ring (bicyclic) bond motifs is 3. The lowest BCUT2D eigenvalue weighted by Gasteiger charge is -2.26. The summed E-state index contributed by atoms with van der Waals surface area (Å²) in [6.07, 6.45) is 13.1. The van der Waals surface area contributed by atoms with Crippen molar-refractivity contribution in [1.82, 2.24) is 0 Å². The van der Waals surface area contributed by atoms with E-state index in [2.05, 4.69) is 268 Å². The lowest BCUT2D eigenvalue weighted by atomic mass is 9.82. The number of rotatable bonds is 11. The predicted octanol–water partition coefficient (Wildman–Crippen LogP) is 17.3. The van der Waals surface area contributed by atoms with E-state index in [1.165, 1.54) is 66.8 Å². The van der Waals surface area contributed by atoms with E-state index in [0.717, 1.165) is 28.2 Å². The van der Waals surface area contributed by atoms with Gasteiger partial charge in [0.05, 0.1) is 0 Å². The van der Waals surface area contributed by atoms with Gasteiger partial charge in [0, 0.05) is 22.5 Å². The minimum atomic E-state index is -0.0188. The molecular weight excluding hydrogens is 771 g/mol. The van der Waals surface area contributed by atoms with Crippen LogP contribution in [0, 0.1) is 0 Å². The number of anilines is 3. The SMILES string of the molecule is CC1(C)c2ccccc2-c2ccc(/C=C/c3ccc(N(c4ccc(/C=C/c5ccccc5)cc4)c4ccc(-c5ccc(-c6ccc(/C=C/c7ccccc7)cc6)cc5)cc4)cc3)cc21. The van der Waals surface area contributed by atoms with Crippen molar-refractivity contribution in [1.29, 1.82) is 0 Å². The van der Waals surface area contributed by atoms with E-state index in [-0.39, 0.29) is 5.41 Å². The van der Waals surface area contributed by atoms with Gasteiger partial charge in [-0.2, -0.15) is 0 Å². The van der Waals surface area contributed by atoms with Gasteiger partial charge in [0.15, 0.2) is 0 Å². The topological polar surface area (TPSA) is 3.24 Å². The van der Waals surface area contributed by atoms with Crippen molar-refractivity contribution in [2.24, 2.45) is 0 Å². The maximum absolute atomic E-state index is 2.36. The van der Waals surface area contributed by atoms with E-state index < -0.39 is 0 Å². The highest BCUT2D eigenvalue weighted by Gasteiger charge is 2.34. The number of benzene rings is 9. The summed E-state index contributed by atoms with van der Waals surface area (Å²) < 4.78 is 0. The Hall–Kier alpha value is -8.00. The number of hydrogen-bond acceptors (Lipinski definition) is 1. The molecule has 0 amide bonds. The van der Waals surface area contributed by atoms with Crippen molar-refractivity contribution in [2.45, 2.75) is 19.3 Å². The largest absolute Gasteiger partial charge is 0.311 e. The summed E-state index contributed by atoms with van der Waals surface area (Å²) in [5, 5.41) is 0. The molecule has 1 aliphatic carbocycles. The van der Waals surface area contributed by atoms with Gasteiger partial charge >= 0.3 is 0 Å². The molecule has 0 saturated carbocycles. The van der Waals surface area contributed by atoms with Crippen LogP contribution in [0.2, 0.25) is 0 Å². The fraction of sp³-hybridized carbons (Fsp3) is 0.0476. The average Bonchev–Trinajstić information content (AvgIpc) is 3.59. The zero-order valence-corrected chi connectivity index (χ0v) is 36.3. The summed E-state index contributed by atoms with van der Waals surface area (Å²) in [7, 11) is 0. The van der Waals surface area contributed by atoms with E-state index in [9.17, 15) is 0 Å². The summed E-state index contributed by atoms with van der Waals surface area (Å²) in [6.45, 7) is 4.67. The highest BCUT2D eigenvalue weighted by atomic mass is 15.1. The molecule has 64 heavy (non-hydrogen) atoms. The Morgan fingerprint density at radius 1 is 0.281 bits per heavy atom. The first-order chi connectivity index (χ1) is 31.4. The summed E-state index contributed by atoms with van der Waals surface area (Å²) in [5.74, 6) is 0. The molecule has 0 bridgehead atoms. The van der Waals surface area contributed by atoms with Crippen molar-refractivity contribution in [3.05, 3.63) is 269 Å². The third kappa shape index (κ3) is 8.58. The molecule has 0 N–H and O–H groups in total. The average molecular weight is 820 g/mol. The molecule has 10 rings (SSSR count). The van der Waals surface area contributed by atoms with Crippen LogP contribution in [-0.4, -0.2) is 0 Å². The third-order valence-electron chi connectivity index (χ3n) is 12.5. The van der Waals surface area contributed by atoms with Gasteiger partial charge < -0.3 is 4.90 Å². The molecule has 0 unspecified atom stereocenters. The highest BCUT2D eigenvalue weighted by Crippen LogP contribution is 2.49. The Kier molecular flexibility index (Phi) is 11.1. The molecule has 0 atom stereocenters. The Labute approximate surface area is 378 Å². The van der Waals surface area contributed by atoms with E-state index in [4.69, 9.17) is 0 Å².